The van der Waals surface area contributed by atoms with Crippen molar-refractivity contribution in [2.24, 2.45) is 7.05 Å². The first-order valence-electron chi connectivity index (χ1n) is 5.85. The Morgan fingerprint density at radius 1 is 1.50 bits per heavy atom. The second-order valence-corrected chi connectivity index (χ2v) is 4.34. The van der Waals surface area contributed by atoms with Crippen LogP contribution in [0.15, 0.2) is 18.2 Å². The van der Waals surface area contributed by atoms with Crippen molar-refractivity contribution >= 4 is 11.5 Å². The average Bonchev–Trinajstić information content (AvgIpc) is 2.96. The molecule has 92 valence electrons. The van der Waals surface area contributed by atoms with Gasteiger partial charge in [0.05, 0.1) is 13.5 Å². The number of aryl methyl sites for hydroxylation is 1. The van der Waals surface area contributed by atoms with Gasteiger partial charge in [0.1, 0.15) is 0 Å². The van der Waals surface area contributed by atoms with Gasteiger partial charge >= 0.3 is 0 Å². The van der Waals surface area contributed by atoms with Crippen molar-refractivity contribution in [3.8, 4) is 0 Å². The minimum absolute atomic E-state index is 0.0256. The molecule has 6 heteroatoms. The Hall–Kier alpha value is -2.24. The summed E-state index contributed by atoms with van der Waals surface area (Å²) in [6.45, 7) is 0.943. The first kappa shape index (κ1) is 10.9. The average molecular weight is 243 g/mol. The highest BCUT2D eigenvalue weighted by Crippen LogP contribution is 2.23. The Morgan fingerprint density at radius 2 is 2.39 bits per heavy atom. The highest BCUT2D eigenvalue weighted by molar-refractivity contribution is 5.97. The molecule has 0 radical (unpaired) electrons. The normalized spacial score (nSPS) is 13.2. The Labute approximate surface area is 104 Å². The van der Waals surface area contributed by atoms with Crippen LogP contribution in [0.3, 0.4) is 0 Å². The van der Waals surface area contributed by atoms with Crippen molar-refractivity contribution in [3.05, 3.63) is 35.2 Å². The van der Waals surface area contributed by atoms with Crippen LogP contribution in [0.25, 0.3) is 0 Å². The van der Waals surface area contributed by atoms with Crippen molar-refractivity contribution in [2.45, 2.75) is 12.8 Å². The number of ketones is 1. The molecule has 0 saturated carbocycles. The third kappa shape index (κ3) is 1.97. The van der Waals surface area contributed by atoms with Crippen LogP contribution in [-0.2, 0) is 19.9 Å². The van der Waals surface area contributed by atoms with Crippen LogP contribution in [-0.4, -0.2) is 32.5 Å². The third-order valence-corrected chi connectivity index (χ3v) is 3.01. The van der Waals surface area contributed by atoms with Gasteiger partial charge in [-0.2, -0.15) is 4.80 Å². The van der Waals surface area contributed by atoms with Crippen LogP contribution in [0.5, 0.6) is 0 Å². The van der Waals surface area contributed by atoms with E-state index < -0.39 is 0 Å². The number of aromatic nitrogens is 4. The number of nitrogens with zero attached hydrogens (tertiary/aromatic N) is 4. The van der Waals surface area contributed by atoms with E-state index in [2.05, 4.69) is 20.7 Å². The van der Waals surface area contributed by atoms with Gasteiger partial charge in [-0.15, -0.1) is 10.2 Å². The number of fused-ring (bicyclic) bond motifs is 1. The number of tetrazole rings is 1. The van der Waals surface area contributed by atoms with Gasteiger partial charge in [-0.05, 0) is 35.4 Å². The highest BCUT2D eigenvalue weighted by Gasteiger charge is 2.15. The summed E-state index contributed by atoms with van der Waals surface area (Å²) in [5, 5.41) is 14.8. The molecule has 0 unspecified atom stereocenters. The van der Waals surface area contributed by atoms with E-state index in [1.807, 2.05) is 18.2 Å². The molecule has 0 bridgehead atoms. The van der Waals surface area contributed by atoms with E-state index in [0.717, 1.165) is 18.7 Å². The summed E-state index contributed by atoms with van der Waals surface area (Å²) in [6.07, 6.45) is 1.17. The maximum atomic E-state index is 12.1. The minimum atomic E-state index is 0.0256. The second kappa shape index (κ2) is 4.21. The number of hydrogen-bond acceptors (Lipinski definition) is 5. The van der Waals surface area contributed by atoms with E-state index in [1.165, 1.54) is 10.4 Å². The SMILES string of the molecule is Cn1nnc(CC(=O)c2ccc3c(c2)CCN3)n1. The van der Waals surface area contributed by atoms with E-state index in [0.29, 0.717) is 11.4 Å². The zero-order valence-corrected chi connectivity index (χ0v) is 10.1. The molecule has 1 aromatic heterocycles. The van der Waals surface area contributed by atoms with Crippen LogP contribution >= 0.6 is 0 Å². The number of hydrogen-bond donors (Lipinski definition) is 1. The molecule has 0 amide bonds. The second-order valence-electron chi connectivity index (χ2n) is 4.34. The summed E-state index contributed by atoms with van der Waals surface area (Å²) in [6, 6.07) is 5.75. The number of nitrogens with one attached hydrogen (secondary N) is 1. The van der Waals surface area contributed by atoms with Gasteiger partial charge in [0.25, 0.3) is 0 Å². The Kier molecular flexibility index (Phi) is 2.55. The lowest BCUT2D eigenvalue weighted by atomic mass is 10.0. The quantitative estimate of drug-likeness (QED) is 0.799. The summed E-state index contributed by atoms with van der Waals surface area (Å²) in [4.78, 5) is 13.4. The van der Waals surface area contributed by atoms with Gasteiger partial charge in [0, 0.05) is 17.8 Å². The van der Waals surface area contributed by atoms with Crippen molar-refractivity contribution in [1.29, 1.82) is 0 Å². The Balaban J connectivity index is 1.80. The minimum Gasteiger partial charge on any atom is -0.384 e. The van der Waals surface area contributed by atoms with Gasteiger partial charge in [-0.3, -0.25) is 4.79 Å². The molecule has 1 N–H and O–H groups in total. The molecule has 1 aromatic carbocycles. The standard InChI is InChI=1S/C12H13N5O/c1-17-15-12(14-16-17)7-11(18)9-2-3-10-8(6-9)4-5-13-10/h2-3,6,13H,4-5,7H2,1H3. The lowest BCUT2D eigenvalue weighted by Crippen LogP contribution is -2.06. The summed E-state index contributed by atoms with van der Waals surface area (Å²) in [5.41, 5.74) is 3.04. The predicted molar refractivity (Wildman–Crippen MR) is 65.5 cm³/mol. The van der Waals surface area contributed by atoms with Gasteiger partial charge in [-0.25, -0.2) is 0 Å². The maximum absolute atomic E-state index is 12.1. The van der Waals surface area contributed by atoms with E-state index in [9.17, 15) is 4.79 Å². The van der Waals surface area contributed by atoms with Crippen LogP contribution in [0.2, 0.25) is 0 Å². The molecule has 0 aliphatic carbocycles. The molecule has 3 rings (SSSR count). The maximum Gasteiger partial charge on any atom is 0.182 e. The van der Waals surface area contributed by atoms with Crippen LogP contribution in [0.4, 0.5) is 5.69 Å². The topological polar surface area (TPSA) is 72.7 Å². The molecule has 18 heavy (non-hydrogen) atoms. The number of anilines is 1. The first-order valence-corrected chi connectivity index (χ1v) is 5.85. The highest BCUT2D eigenvalue weighted by atomic mass is 16.1. The van der Waals surface area contributed by atoms with Crippen LogP contribution < -0.4 is 5.32 Å². The summed E-state index contributed by atoms with van der Waals surface area (Å²) in [5.74, 6) is 0.485. The van der Waals surface area contributed by atoms with Crippen LogP contribution in [0.1, 0.15) is 21.7 Å². The van der Waals surface area contributed by atoms with Crippen molar-refractivity contribution < 1.29 is 4.79 Å². The molecular weight excluding hydrogens is 230 g/mol. The third-order valence-electron chi connectivity index (χ3n) is 3.01. The van der Waals surface area contributed by atoms with Gasteiger partial charge in [0.15, 0.2) is 11.6 Å². The zero-order valence-electron chi connectivity index (χ0n) is 10.1. The smallest absolute Gasteiger partial charge is 0.182 e. The van der Waals surface area contributed by atoms with Crippen molar-refractivity contribution in [1.82, 2.24) is 20.2 Å². The van der Waals surface area contributed by atoms with E-state index >= 15 is 0 Å². The molecule has 0 atom stereocenters. The Morgan fingerprint density at radius 3 is 3.17 bits per heavy atom. The number of carbonyl (C=O) groups excluding carboxylic acids is 1. The first-order chi connectivity index (χ1) is 8.72. The van der Waals surface area contributed by atoms with Crippen LogP contribution in [0, 0.1) is 0 Å². The molecule has 6 nitrogen and oxygen atoms in total. The fourth-order valence-corrected chi connectivity index (χ4v) is 2.12. The summed E-state index contributed by atoms with van der Waals surface area (Å²) >= 11 is 0. The molecule has 0 spiro atoms. The molecule has 0 saturated heterocycles. The molecule has 2 aromatic rings. The summed E-state index contributed by atoms with van der Waals surface area (Å²) < 4.78 is 0. The van der Waals surface area contributed by atoms with Gasteiger partial charge in [-0.1, -0.05) is 0 Å². The van der Waals surface area contributed by atoms with E-state index in [-0.39, 0.29) is 12.2 Å². The van der Waals surface area contributed by atoms with E-state index in [1.54, 1.807) is 7.05 Å². The molecule has 2 heterocycles. The molecule has 1 aliphatic heterocycles. The number of carbonyl (C=O) groups is 1. The molecule has 1 aliphatic rings. The lowest BCUT2D eigenvalue weighted by Gasteiger charge is -2.02. The predicted octanol–water partition coefficient (Wildman–Crippen LogP) is 0.603. The molecule has 0 fully saturated rings. The lowest BCUT2D eigenvalue weighted by molar-refractivity contribution is 0.0990. The van der Waals surface area contributed by atoms with Crippen molar-refractivity contribution in [3.63, 3.8) is 0 Å². The zero-order chi connectivity index (χ0) is 12.5. The number of Topliss-reactive ketones (excluding diaryl/α,β-unsaturated/α-hetero) is 1. The van der Waals surface area contributed by atoms with E-state index in [4.69, 9.17) is 0 Å². The van der Waals surface area contributed by atoms with Gasteiger partial charge in [0.2, 0.25) is 0 Å². The summed E-state index contributed by atoms with van der Waals surface area (Å²) in [7, 11) is 1.68. The molecular formula is C12H13N5O. The fourth-order valence-electron chi connectivity index (χ4n) is 2.12. The fraction of sp³-hybridized carbons (Fsp3) is 0.333. The Bertz CT molecular complexity index is 604. The number of benzene rings is 1. The largest absolute Gasteiger partial charge is 0.384 e. The monoisotopic (exact) mass is 243 g/mol. The number of rotatable bonds is 3. The van der Waals surface area contributed by atoms with Crippen molar-refractivity contribution in [2.75, 3.05) is 11.9 Å². The van der Waals surface area contributed by atoms with Gasteiger partial charge < -0.3 is 5.32 Å².